The Morgan fingerprint density at radius 1 is 0.875 bits per heavy atom. The van der Waals surface area contributed by atoms with Gasteiger partial charge in [0.2, 0.25) is 0 Å². The maximum atomic E-state index is 11.6. The summed E-state index contributed by atoms with van der Waals surface area (Å²) >= 11 is 0. The van der Waals surface area contributed by atoms with Crippen molar-refractivity contribution < 1.29 is 35.8 Å². The van der Waals surface area contributed by atoms with Gasteiger partial charge in [0.1, 0.15) is 10.5 Å². The van der Waals surface area contributed by atoms with E-state index in [9.17, 15) is 26.2 Å². The van der Waals surface area contributed by atoms with Gasteiger partial charge >= 0.3 is 5.97 Å². The van der Waals surface area contributed by atoms with Gasteiger partial charge in [-0.25, -0.2) is 4.79 Å². The third-order valence-corrected chi connectivity index (χ3v) is 4.93. The molecule has 2 aromatic rings. The van der Waals surface area contributed by atoms with Crippen molar-refractivity contribution in [3.05, 3.63) is 42.0 Å². The Morgan fingerprint density at radius 2 is 1.42 bits per heavy atom. The predicted octanol–water partition coefficient (Wildman–Crippen LogP) is 1.13. The molecular weight excluding hydrogens is 362 g/mol. The highest BCUT2D eigenvalue weighted by Gasteiger charge is 2.27. The Morgan fingerprint density at radius 3 is 1.83 bits per heavy atom. The zero-order valence-electron chi connectivity index (χ0n) is 11.7. The van der Waals surface area contributed by atoms with E-state index in [2.05, 4.69) is 0 Å². The second kappa shape index (κ2) is 5.87. The van der Waals surface area contributed by atoms with Crippen LogP contribution in [0.2, 0.25) is 0 Å². The van der Waals surface area contributed by atoms with Crippen LogP contribution in [0, 0.1) is 0 Å². The first-order chi connectivity index (χ1) is 10.9. The molecule has 11 heteroatoms. The number of anilines is 1. The van der Waals surface area contributed by atoms with Crippen molar-refractivity contribution in [3.8, 4) is 11.1 Å². The number of nitrogen functional groups attached to an aromatic ring is 1. The Kier molecular flexibility index (Phi) is 4.37. The highest BCUT2D eigenvalue weighted by Crippen LogP contribution is 2.33. The van der Waals surface area contributed by atoms with Crippen LogP contribution in [-0.4, -0.2) is 37.0 Å². The number of hydrogen-bond acceptors (Lipinski definition) is 6. The normalized spacial score (nSPS) is 12.1. The maximum absolute atomic E-state index is 11.6. The van der Waals surface area contributed by atoms with E-state index in [0.717, 1.165) is 30.3 Å². The summed E-state index contributed by atoms with van der Waals surface area (Å²) in [7, 11) is -9.40. The van der Waals surface area contributed by atoms with E-state index in [-0.39, 0.29) is 16.8 Å². The zero-order valence-corrected chi connectivity index (χ0v) is 13.4. The van der Waals surface area contributed by atoms with Gasteiger partial charge in [-0.3, -0.25) is 9.11 Å². The first-order valence-electron chi connectivity index (χ1n) is 6.14. The molecular formula is C13H11NO8S2. The lowest BCUT2D eigenvalue weighted by Crippen LogP contribution is -2.13. The predicted molar refractivity (Wildman–Crippen MR) is 82.9 cm³/mol. The van der Waals surface area contributed by atoms with Gasteiger partial charge in [-0.05, 0) is 23.8 Å². The molecule has 0 fully saturated rings. The third-order valence-electron chi connectivity index (χ3n) is 3.12. The molecule has 0 unspecified atom stereocenters. The molecule has 0 aromatic heterocycles. The summed E-state index contributed by atoms with van der Waals surface area (Å²) in [5.74, 6) is -1.66. The molecule has 0 saturated heterocycles. The molecule has 24 heavy (non-hydrogen) atoms. The van der Waals surface area contributed by atoms with E-state index in [1.165, 1.54) is 6.07 Å². The lowest BCUT2D eigenvalue weighted by Gasteiger charge is -2.12. The molecule has 0 aliphatic rings. The van der Waals surface area contributed by atoms with Gasteiger partial charge in [0, 0.05) is 11.3 Å². The van der Waals surface area contributed by atoms with Crippen LogP contribution in [0.15, 0.2) is 46.2 Å². The lowest BCUT2D eigenvalue weighted by atomic mass is 10.0. The van der Waals surface area contributed by atoms with Gasteiger partial charge in [0.05, 0.1) is 4.90 Å². The van der Waals surface area contributed by atoms with Crippen molar-refractivity contribution in [2.24, 2.45) is 0 Å². The number of carboxylic acids is 1. The van der Waals surface area contributed by atoms with E-state index < -0.39 is 41.6 Å². The molecule has 0 aliphatic carbocycles. The molecule has 128 valence electrons. The first-order valence-corrected chi connectivity index (χ1v) is 9.02. The summed E-state index contributed by atoms with van der Waals surface area (Å²) in [5.41, 5.74) is 4.22. The summed E-state index contributed by atoms with van der Waals surface area (Å²) < 4.78 is 63.6. The van der Waals surface area contributed by atoms with Crippen molar-refractivity contribution in [1.82, 2.24) is 0 Å². The monoisotopic (exact) mass is 373 g/mol. The number of aromatic carboxylic acids is 1. The van der Waals surface area contributed by atoms with Gasteiger partial charge in [-0.2, -0.15) is 16.8 Å². The second-order valence-electron chi connectivity index (χ2n) is 4.69. The van der Waals surface area contributed by atoms with Crippen LogP contribution < -0.4 is 5.73 Å². The smallest absolute Gasteiger partial charge is 0.339 e. The summed E-state index contributed by atoms with van der Waals surface area (Å²) in [6.07, 6.45) is 0. The van der Waals surface area contributed by atoms with Crippen molar-refractivity contribution in [3.63, 3.8) is 0 Å². The number of rotatable bonds is 4. The summed E-state index contributed by atoms with van der Waals surface area (Å²) in [4.78, 5) is 9.95. The summed E-state index contributed by atoms with van der Waals surface area (Å²) in [6.45, 7) is 0. The maximum Gasteiger partial charge on any atom is 0.339 e. The Bertz CT molecular complexity index is 1020. The van der Waals surface area contributed by atoms with Crippen molar-refractivity contribution in [2.75, 3.05) is 5.73 Å². The molecule has 9 nitrogen and oxygen atoms in total. The van der Waals surface area contributed by atoms with E-state index in [4.69, 9.17) is 15.4 Å². The van der Waals surface area contributed by atoms with Crippen LogP contribution in [0.25, 0.3) is 11.1 Å². The largest absolute Gasteiger partial charge is 0.478 e. The van der Waals surface area contributed by atoms with Crippen molar-refractivity contribution in [1.29, 1.82) is 0 Å². The fourth-order valence-corrected chi connectivity index (χ4v) is 3.53. The molecule has 0 saturated carbocycles. The van der Waals surface area contributed by atoms with Gasteiger partial charge in [-0.15, -0.1) is 0 Å². The fourth-order valence-electron chi connectivity index (χ4n) is 2.12. The molecule has 0 amide bonds. The van der Waals surface area contributed by atoms with E-state index in [1.807, 2.05) is 0 Å². The van der Waals surface area contributed by atoms with Crippen LogP contribution in [0.5, 0.6) is 0 Å². The zero-order chi connectivity index (χ0) is 18.3. The van der Waals surface area contributed by atoms with Crippen LogP contribution >= 0.6 is 0 Å². The van der Waals surface area contributed by atoms with Gasteiger partial charge in [0.25, 0.3) is 20.2 Å². The van der Waals surface area contributed by atoms with Gasteiger partial charge in [-0.1, -0.05) is 18.2 Å². The third kappa shape index (κ3) is 3.38. The number of nitrogens with two attached hydrogens (primary N) is 1. The Hall–Kier alpha value is -2.47. The van der Waals surface area contributed by atoms with E-state index in [0.29, 0.717) is 0 Å². The minimum absolute atomic E-state index is 0.0949. The molecule has 0 atom stereocenters. The van der Waals surface area contributed by atoms with Crippen LogP contribution in [0.4, 0.5) is 5.69 Å². The topological polar surface area (TPSA) is 172 Å². The Labute approximate surface area is 136 Å². The molecule has 0 bridgehead atoms. The quantitative estimate of drug-likeness (QED) is 0.452. The number of carboxylic acid groups (broad SMARTS) is 1. The first kappa shape index (κ1) is 17.9. The minimum Gasteiger partial charge on any atom is -0.478 e. The van der Waals surface area contributed by atoms with Gasteiger partial charge < -0.3 is 10.8 Å². The van der Waals surface area contributed by atoms with Crippen molar-refractivity contribution >= 4 is 31.9 Å². The highest BCUT2D eigenvalue weighted by molar-refractivity contribution is 7.86. The van der Waals surface area contributed by atoms with Crippen LogP contribution in [0.1, 0.15) is 10.4 Å². The Balaban J connectivity index is 2.81. The molecule has 0 aliphatic heterocycles. The average Bonchev–Trinajstić information content (AvgIpc) is 2.44. The average molecular weight is 373 g/mol. The van der Waals surface area contributed by atoms with Gasteiger partial charge in [0.15, 0.2) is 0 Å². The molecule has 0 spiro atoms. The molecule has 0 heterocycles. The second-order valence-corrected chi connectivity index (χ2v) is 7.47. The summed E-state index contributed by atoms with van der Waals surface area (Å²) in [6, 6.07) is 6.60. The van der Waals surface area contributed by atoms with Crippen molar-refractivity contribution in [2.45, 2.75) is 9.79 Å². The fraction of sp³-hybridized carbons (Fsp3) is 0. The lowest BCUT2D eigenvalue weighted by molar-refractivity contribution is 0.0693. The SMILES string of the molecule is Nc1ccc(-c2ccc(S(=O)(=O)O)cc2)c(S(=O)(=O)O)c1C(=O)O. The minimum atomic E-state index is -4.95. The number of carbonyl (C=O) groups is 1. The van der Waals surface area contributed by atoms with E-state index in [1.54, 1.807) is 0 Å². The number of hydrogen-bond donors (Lipinski definition) is 4. The molecule has 0 radical (unpaired) electrons. The summed E-state index contributed by atoms with van der Waals surface area (Å²) in [5, 5.41) is 9.16. The molecule has 2 rings (SSSR count). The molecule has 2 aromatic carbocycles. The standard InChI is InChI=1S/C13H11NO8S2/c14-10-6-5-9(12(24(20,21)22)11(10)13(15)16)7-1-3-8(4-2-7)23(17,18)19/h1-6H,14H2,(H,15,16)(H,17,18,19)(H,20,21,22). The highest BCUT2D eigenvalue weighted by atomic mass is 32.2. The van der Waals surface area contributed by atoms with E-state index >= 15 is 0 Å². The van der Waals surface area contributed by atoms with Crippen LogP contribution in [0.3, 0.4) is 0 Å². The molecule has 5 N–H and O–H groups in total. The number of benzene rings is 2. The van der Waals surface area contributed by atoms with Crippen LogP contribution in [-0.2, 0) is 20.2 Å².